The molecular weight excluding hydrogens is 229 g/mol. The van der Waals surface area contributed by atoms with E-state index in [9.17, 15) is 5.21 Å². The molecule has 4 heteroatoms. The minimum atomic E-state index is 0.211. The second-order valence-electron chi connectivity index (χ2n) is 2.34. The molecule has 0 saturated heterocycles. The van der Waals surface area contributed by atoms with Gasteiger partial charge in [0.2, 0.25) is 5.69 Å². The summed E-state index contributed by atoms with van der Waals surface area (Å²) in [7, 11) is 0. The van der Waals surface area contributed by atoms with E-state index >= 15 is 0 Å². The lowest BCUT2D eigenvalue weighted by molar-refractivity contribution is -0.610. The smallest absolute Gasteiger partial charge is 0.286 e. The van der Waals surface area contributed by atoms with Crippen molar-refractivity contribution in [2.45, 2.75) is 13.8 Å². The predicted molar refractivity (Wildman–Crippen MR) is 47.6 cm³/mol. The van der Waals surface area contributed by atoms with Crippen LogP contribution in [-0.2, 0) is 0 Å². The van der Waals surface area contributed by atoms with E-state index in [0.717, 1.165) is 10.0 Å². The monoisotopic (exact) mass is 235 g/mol. The molecule has 0 atom stereocenters. The van der Waals surface area contributed by atoms with Crippen LogP contribution in [0.15, 0.2) is 10.5 Å². The van der Waals surface area contributed by atoms with E-state index in [4.69, 9.17) is 11.6 Å². The van der Waals surface area contributed by atoms with Gasteiger partial charge in [0, 0.05) is 13.0 Å². The van der Waals surface area contributed by atoms with E-state index in [1.54, 1.807) is 13.0 Å². The Morgan fingerprint density at radius 2 is 2.09 bits per heavy atom. The van der Waals surface area contributed by atoms with E-state index < -0.39 is 0 Å². The second kappa shape index (κ2) is 2.99. The molecule has 0 aliphatic rings. The van der Waals surface area contributed by atoms with Crippen LogP contribution in [0.25, 0.3) is 0 Å². The van der Waals surface area contributed by atoms with E-state index in [1.165, 1.54) is 0 Å². The Labute approximate surface area is 78.5 Å². The first-order valence-corrected chi connectivity index (χ1v) is 4.26. The third-order valence-corrected chi connectivity index (χ3v) is 2.96. The van der Waals surface area contributed by atoms with Crippen LogP contribution in [0.3, 0.4) is 0 Å². The minimum Gasteiger partial charge on any atom is -0.617 e. The average molecular weight is 236 g/mol. The zero-order chi connectivity index (χ0) is 8.59. The van der Waals surface area contributed by atoms with Crippen LogP contribution < -0.4 is 4.73 Å². The molecule has 1 heterocycles. The molecule has 0 N–H and O–H groups in total. The number of rotatable bonds is 0. The summed E-state index contributed by atoms with van der Waals surface area (Å²) < 4.78 is 1.51. The Morgan fingerprint density at radius 3 is 2.64 bits per heavy atom. The van der Waals surface area contributed by atoms with Gasteiger partial charge in [0.05, 0.1) is 4.47 Å². The molecule has 0 radical (unpaired) electrons. The second-order valence-corrected chi connectivity index (χ2v) is 3.52. The van der Waals surface area contributed by atoms with Crippen molar-refractivity contribution in [1.29, 1.82) is 0 Å². The molecule has 0 fully saturated rings. The fourth-order valence-electron chi connectivity index (χ4n) is 0.835. The molecule has 0 saturated carbocycles. The largest absolute Gasteiger partial charge is 0.617 e. The number of hydrogen-bond donors (Lipinski definition) is 0. The van der Waals surface area contributed by atoms with Crippen LogP contribution in [0.1, 0.15) is 11.3 Å². The summed E-state index contributed by atoms with van der Waals surface area (Å²) in [5.41, 5.74) is 1.56. The zero-order valence-electron chi connectivity index (χ0n) is 6.19. The summed E-state index contributed by atoms with van der Waals surface area (Å²) >= 11 is 8.91. The summed E-state index contributed by atoms with van der Waals surface area (Å²) in [6, 6.07) is 1.63. The summed E-state index contributed by atoms with van der Waals surface area (Å²) in [4.78, 5) is 0. The first kappa shape index (κ1) is 8.81. The third-order valence-electron chi connectivity index (χ3n) is 1.50. The molecule has 0 spiro atoms. The number of aromatic nitrogens is 1. The molecule has 11 heavy (non-hydrogen) atoms. The fourth-order valence-corrected chi connectivity index (χ4v) is 1.40. The van der Waals surface area contributed by atoms with Crippen LogP contribution in [0, 0.1) is 19.1 Å². The first-order valence-electron chi connectivity index (χ1n) is 3.09. The lowest BCUT2D eigenvalue weighted by Gasteiger charge is -2.05. The quantitative estimate of drug-likeness (QED) is 0.386. The van der Waals surface area contributed by atoms with Gasteiger partial charge in [-0.1, -0.05) is 0 Å². The standard InChI is InChI=1S/C7H7BrClNO/c1-4-3-6(9)10(11)5(2)7(4)8/h3H,1-2H3. The minimum absolute atomic E-state index is 0.211. The fraction of sp³-hybridized carbons (Fsp3) is 0.286. The molecule has 1 rings (SSSR count). The zero-order valence-corrected chi connectivity index (χ0v) is 8.53. The van der Waals surface area contributed by atoms with Gasteiger partial charge in [-0.3, -0.25) is 0 Å². The van der Waals surface area contributed by atoms with Gasteiger partial charge in [-0.15, -0.1) is 0 Å². The van der Waals surface area contributed by atoms with Crippen LogP contribution in [0.4, 0.5) is 0 Å². The number of halogens is 2. The molecule has 0 aromatic carbocycles. The number of hydrogen-bond acceptors (Lipinski definition) is 1. The first-order chi connectivity index (χ1) is 5.04. The molecule has 0 aliphatic carbocycles. The lowest BCUT2D eigenvalue weighted by atomic mass is 10.2. The van der Waals surface area contributed by atoms with Crippen molar-refractivity contribution in [3.63, 3.8) is 0 Å². The molecule has 2 nitrogen and oxygen atoms in total. The topological polar surface area (TPSA) is 26.9 Å². The summed E-state index contributed by atoms with van der Waals surface area (Å²) in [5.74, 6) is 0. The SMILES string of the molecule is Cc1cc(Cl)[n+]([O-])c(C)c1Br. The van der Waals surface area contributed by atoms with Crippen LogP contribution >= 0.6 is 27.5 Å². The van der Waals surface area contributed by atoms with Crippen LogP contribution in [-0.4, -0.2) is 0 Å². The molecule has 60 valence electrons. The van der Waals surface area contributed by atoms with Crippen molar-refractivity contribution in [3.8, 4) is 0 Å². The Bertz CT molecular complexity index is 275. The maximum atomic E-state index is 11.1. The Balaban J connectivity index is 3.46. The van der Waals surface area contributed by atoms with E-state index in [-0.39, 0.29) is 5.15 Å². The van der Waals surface area contributed by atoms with Gasteiger partial charge in [0.15, 0.2) is 0 Å². The van der Waals surface area contributed by atoms with Crippen molar-refractivity contribution in [1.82, 2.24) is 0 Å². The number of nitrogens with zero attached hydrogens (tertiary/aromatic N) is 1. The van der Waals surface area contributed by atoms with Gasteiger partial charge in [-0.2, -0.15) is 4.73 Å². The highest BCUT2D eigenvalue weighted by Crippen LogP contribution is 2.20. The van der Waals surface area contributed by atoms with Gasteiger partial charge in [0.25, 0.3) is 5.15 Å². The Kier molecular flexibility index (Phi) is 2.40. The van der Waals surface area contributed by atoms with Crippen molar-refractivity contribution >= 4 is 27.5 Å². The van der Waals surface area contributed by atoms with E-state index in [1.807, 2.05) is 6.92 Å². The highest BCUT2D eigenvalue weighted by atomic mass is 79.9. The molecule has 0 amide bonds. The average Bonchev–Trinajstić information content (AvgIpc) is 1.97. The maximum absolute atomic E-state index is 11.1. The highest BCUT2D eigenvalue weighted by molar-refractivity contribution is 9.10. The molecule has 1 aromatic rings. The van der Waals surface area contributed by atoms with Crippen molar-refractivity contribution in [3.05, 3.63) is 32.2 Å². The highest BCUT2D eigenvalue weighted by Gasteiger charge is 2.11. The van der Waals surface area contributed by atoms with Crippen LogP contribution in [0.5, 0.6) is 0 Å². The van der Waals surface area contributed by atoms with Crippen molar-refractivity contribution in [2.24, 2.45) is 0 Å². The summed E-state index contributed by atoms with van der Waals surface area (Å²) in [6.45, 7) is 3.61. The summed E-state index contributed by atoms with van der Waals surface area (Å²) in [6.07, 6.45) is 0. The molecule has 1 aromatic heterocycles. The van der Waals surface area contributed by atoms with Crippen molar-refractivity contribution in [2.75, 3.05) is 0 Å². The molecular formula is C7H7BrClNO. The van der Waals surface area contributed by atoms with Crippen molar-refractivity contribution < 1.29 is 4.73 Å². The molecule has 0 aliphatic heterocycles. The Hall–Kier alpha value is -0.280. The van der Waals surface area contributed by atoms with Gasteiger partial charge in [-0.25, -0.2) is 0 Å². The number of aryl methyl sites for hydroxylation is 1. The molecule has 0 bridgehead atoms. The third kappa shape index (κ3) is 1.49. The number of pyridine rings is 1. The van der Waals surface area contributed by atoms with Gasteiger partial charge >= 0.3 is 0 Å². The van der Waals surface area contributed by atoms with E-state index in [2.05, 4.69) is 15.9 Å². The molecule has 0 unspecified atom stereocenters. The van der Waals surface area contributed by atoms with E-state index in [0.29, 0.717) is 10.4 Å². The Morgan fingerprint density at radius 1 is 1.55 bits per heavy atom. The van der Waals surface area contributed by atoms with Gasteiger partial charge in [0.1, 0.15) is 0 Å². The lowest BCUT2D eigenvalue weighted by Crippen LogP contribution is -2.32. The van der Waals surface area contributed by atoms with Gasteiger partial charge in [-0.05, 0) is 40.0 Å². The summed E-state index contributed by atoms with van der Waals surface area (Å²) in [5, 5.41) is 11.3. The maximum Gasteiger partial charge on any atom is 0.286 e. The van der Waals surface area contributed by atoms with Gasteiger partial charge < -0.3 is 5.21 Å². The normalized spacial score (nSPS) is 10.2. The predicted octanol–water partition coefficient (Wildman–Crippen LogP) is 2.35. The van der Waals surface area contributed by atoms with Crippen LogP contribution in [0.2, 0.25) is 5.15 Å².